The fourth-order valence-electron chi connectivity index (χ4n) is 3.25. The number of benzene rings is 1. The third kappa shape index (κ3) is 2.44. The Morgan fingerprint density at radius 2 is 1.89 bits per heavy atom. The predicted molar refractivity (Wildman–Crippen MR) is 77.7 cm³/mol. The molecule has 19 heavy (non-hydrogen) atoms. The summed E-state index contributed by atoms with van der Waals surface area (Å²) in [7, 11) is 0. The zero-order valence-electron chi connectivity index (χ0n) is 12.7. The highest BCUT2D eigenvalue weighted by Gasteiger charge is 2.48. The van der Waals surface area contributed by atoms with Crippen LogP contribution in [0.15, 0.2) is 24.3 Å². The van der Waals surface area contributed by atoms with Crippen molar-refractivity contribution in [2.75, 3.05) is 0 Å². The van der Waals surface area contributed by atoms with Crippen molar-refractivity contribution in [2.24, 2.45) is 17.8 Å². The van der Waals surface area contributed by atoms with Crippen LogP contribution in [0.25, 0.3) is 0 Å². The predicted octanol–water partition coefficient (Wildman–Crippen LogP) is 3.86. The summed E-state index contributed by atoms with van der Waals surface area (Å²) in [4.78, 5) is 0. The summed E-state index contributed by atoms with van der Waals surface area (Å²) >= 11 is 0. The molecule has 0 spiro atoms. The van der Waals surface area contributed by atoms with E-state index in [0.29, 0.717) is 11.8 Å². The van der Waals surface area contributed by atoms with Crippen molar-refractivity contribution in [1.29, 1.82) is 0 Å². The van der Waals surface area contributed by atoms with Gasteiger partial charge in [-0.2, -0.15) is 0 Å². The maximum atomic E-state index is 11.1. The molecule has 2 heteroatoms. The molecule has 0 saturated carbocycles. The van der Waals surface area contributed by atoms with Crippen LogP contribution in [0.4, 0.5) is 0 Å². The first-order valence-electron chi connectivity index (χ1n) is 7.37. The molecule has 0 aromatic heterocycles. The Labute approximate surface area is 116 Å². The molecule has 0 amide bonds. The summed E-state index contributed by atoms with van der Waals surface area (Å²) in [6, 6.07) is 8.04. The van der Waals surface area contributed by atoms with Gasteiger partial charge >= 0.3 is 0 Å². The van der Waals surface area contributed by atoms with Gasteiger partial charge < -0.3 is 9.84 Å². The monoisotopic (exact) mass is 262 g/mol. The SMILES string of the molecule is CC[C@H]1O[C@@](O)(c2cccc(C)c2)[C@H](C)[C@@H](C)[C@@H]1C. The standard InChI is InChI=1S/C17H26O2/c1-6-16-13(4)12(3)14(5)17(18,19-16)15-9-7-8-11(2)10-15/h7-10,12-14,16,18H,6H2,1-5H3/t12-,13-,14+,16+,17+/m0/s1. The molecule has 1 aromatic rings. The van der Waals surface area contributed by atoms with Gasteiger partial charge in [0.05, 0.1) is 6.10 Å². The van der Waals surface area contributed by atoms with Crippen molar-refractivity contribution in [3.8, 4) is 0 Å². The third-order valence-electron chi connectivity index (χ3n) is 4.99. The van der Waals surface area contributed by atoms with E-state index in [1.165, 1.54) is 0 Å². The molecule has 1 aromatic carbocycles. The van der Waals surface area contributed by atoms with Gasteiger partial charge in [0.15, 0.2) is 5.79 Å². The molecule has 1 aliphatic heterocycles. The van der Waals surface area contributed by atoms with Gasteiger partial charge in [-0.25, -0.2) is 0 Å². The quantitative estimate of drug-likeness (QED) is 0.877. The number of aliphatic hydroxyl groups is 1. The molecule has 1 N–H and O–H groups in total. The van der Waals surface area contributed by atoms with Gasteiger partial charge in [0.25, 0.3) is 0 Å². The molecule has 1 saturated heterocycles. The smallest absolute Gasteiger partial charge is 0.195 e. The van der Waals surface area contributed by atoms with Gasteiger partial charge in [-0.05, 0) is 25.2 Å². The molecule has 1 heterocycles. The normalized spacial score (nSPS) is 39.3. The lowest BCUT2D eigenvalue weighted by Crippen LogP contribution is -2.51. The summed E-state index contributed by atoms with van der Waals surface area (Å²) in [5.41, 5.74) is 2.04. The molecule has 2 nitrogen and oxygen atoms in total. The summed E-state index contributed by atoms with van der Waals surface area (Å²) in [5, 5.41) is 11.1. The Hall–Kier alpha value is -0.860. The van der Waals surface area contributed by atoms with Gasteiger partial charge in [-0.1, -0.05) is 57.5 Å². The average molecular weight is 262 g/mol. The molecule has 0 unspecified atom stereocenters. The minimum atomic E-state index is -1.15. The Kier molecular flexibility index (Phi) is 4.03. The van der Waals surface area contributed by atoms with E-state index >= 15 is 0 Å². The molecule has 1 aliphatic rings. The van der Waals surface area contributed by atoms with Crippen molar-refractivity contribution in [3.63, 3.8) is 0 Å². The van der Waals surface area contributed by atoms with Crippen LogP contribution in [-0.4, -0.2) is 11.2 Å². The average Bonchev–Trinajstić information content (AvgIpc) is 2.40. The van der Waals surface area contributed by atoms with E-state index in [-0.39, 0.29) is 12.0 Å². The molecule has 106 valence electrons. The fourth-order valence-corrected chi connectivity index (χ4v) is 3.25. The number of ether oxygens (including phenoxy) is 1. The molecular formula is C17H26O2. The first-order chi connectivity index (χ1) is 8.90. The van der Waals surface area contributed by atoms with Crippen molar-refractivity contribution in [2.45, 2.75) is 52.9 Å². The molecular weight excluding hydrogens is 236 g/mol. The van der Waals surface area contributed by atoms with E-state index in [4.69, 9.17) is 4.74 Å². The molecule has 0 radical (unpaired) electrons. The van der Waals surface area contributed by atoms with Crippen LogP contribution in [0.3, 0.4) is 0 Å². The lowest BCUT2D eigenvalue weighted by molar-refractivity contribution is -0.316. The van der Waals surface area contributed by atoms with E-state index in [9.17, 15) is 5.11 Å². The number of aryl methyl sites for hydroxylation is 1. The van der Waals surface area contributed by atoms with Gasteiger partial charge in [0.1, 0.15) is 0 Å². The zero-order valence-corrected chi connectivity index (χ0v) is 12.7. The summed E-state index contributed by atoms with van der Waals surface area (Å²) in [5.74, 6) is -0.153. The minimum absolute atomic E-state index is 0.0899. The van der Waals surface area contributed by atoms with Crippen molar-refractivity contribution < 1.29 is 9.84 Å². The molecule has 0 aliphatic carbocycles. The second kappa shape index (κ2) is 5.26. The van der Waals surface area contributed by atoms with Crippen molar-refractivity contribution in [3.05, 3.63) is 35.4 Å². The van der Waals surface area contributed by atoms with Crippen LogP contribution >= 0.6 is 0 Å². The molecule has 0 bridgehead atoms. The Morgan fingerprint density at radius 3 is 2.47 bits per heavy atom. The molecule has 5 atom stereocenters. The minimum Gasteiger partial charge on any atom is -0.362 e. The maximum Gasteiger partial charge on any atom is 0.195 e. The lowest BCUT2D eigenvalue weighted by Gasteiger charge is -2.49. The van der Waals surface area contributed by atoms with Crippen LogP contribution in [0.1, 0.15) is 45.2 Å². The van der Waals surface area contributed by atoms with E-state index in [2.05, 4.69) is 27.7 Å². The van der Waals surface area contributed by atoms with Gasteiger partial charge in [0, 0.05) is 11.5 Å². The third-order valence-corrected chi connectivity index (χ3v) is 4.99. The lowest BCUT2D eigenvalue weighted by atomic mass is 9.72. The van der Waals surface area contributed by atoms with Gasteiger partial charge in [-0.15, -0.1) is 0 Å². The van der Waals surface area contributed by atoms with Crippen LogP contribution in [0, 0.1) is 24.7 Å². The Balaban J connectivity index is 2.40. The second-order valence-electron chi connectivity index (χ2n) is 6.14. The summed E-state index contributed by atoms with van der Waals surface area (Å²) < 4.78 is 6.11. The highest BCUT2D eigenvalue weighted by atomic mass is 16.6. The van der Waals surface area contributed by atoms with E-state index in [0.717, 1.165) is 17.5 Å². The van der Waals surface area contributed by atoms with Crippen LogP contribution in [-0.2, 0) is 10.5 Å². The molecule has 2 rings (SSSR count). The largest absolute Gasteiger partial charge is 0.362 e. The van der Waals surface area contributed by atoms with Crippen molar-refractivity contribution >= 4 is 0 Å². The van der Waals surface area contributed by atoms with Crippen molar-refractivity contribution in [1.82, 2.24) is 0 Å². The number of rotatable bonds is 2. The Morgan fingerprint density at radius 1 is 1.21 bits per heavy atom. The first kappa shape index (κ1) is 14.5. The maximum absolute atomic E-state index is 11.1. The highest BCUT2D eigenvalue weighted by molar-refractivity contribution is 5.27. The topological polar surface area (TPSA) is 29.5 Å². The van der Waals surface area contributed by atoms with Crippen LogP contribution < -0.4 is 0 Å². The second-order valence-corrected chi connectivity index (χ2v) is 6.14. The number of hydrogen-bond donors (Lipinski definition) is 1. The first-order valence-corrected chi connectivity index (χ1v) is 7.37. The number of hydrogen-bond acceptors (Lipinski definition) is 2. The van der Waals surface area contributed by atoms with Crippen LogP contribution in [0.5, 0.6) is 0 Å². The van der Waals surface area contributed by atoms with E-state index in [1.54, 1.807) is 0 Å². The highest BCUT2D eigenvalue weighted by Crippen LogP contribution is 2.46. The van der Waals surface area contributed by atoms with Gasteiger partial charge in [0.2, 0.25) is 0 Å². The van der Waals surface area contributed by atoms with E-state index < -0.39 is 5.79 Å². The fraction of sp³-hybridized carbons (Fsp3) is 0.647. The van der Waals surface area contributed by atoms with Crippen LogP contribution in [0.2, 0.25) is 0 Å². The Bertz CT molecular complexity index is 441. The summed E-state index contributed by atoms with van der Waals surface area (Å²) in [6.45, 7) is 10.7. The zero-order chi connectivity index (χ0) is 14.2. The molecule has 1 fully saturated rings. The van der Waals surface area contributed by atoms with Gasteiger partial charge in [-0.3, -0.25) is 0 Å². The summed E-state index contributed by atoms with van der Waals surface area (Å²) in [6.07, 6.45) is 1.06. The van der Waals surface area contributed by atoms with E-state index in [1.807, 2.05) is 31.2 Å².